The Morgan fingerprint density at radius 2 is 2.15 bits per heavy atom. The fraction of sp³-hybridized carbons (Fsp3) is 1.00. The molecule has 1 rings (SSSR count). The molecule has 1 aliphatic heterocycles. The molecule has 0 aromatic carbocycles. The average Bonchev–Trinajstić information content (AvgIpc) is 2.30. The van der Waals surface area contributed by atoms with E-state index in [0.29, 0.717) is 0 Å². The molecule has 2 N–H and O–H groups in total. The van der Waals surface area contributed by atoms with E-state index in [0.717, 1.165) is 32.4 Å². The van der Waals surface area contributed by atoms with Crippen LogP contribution in [0, 0.1) is 0 Å². The highest BCUT2D eigenvalue weighted by Gasteiger charge is 2.30. The predicted molar refractivity (Wildman–Crippen MR) is 54.8 cm³/mol. The summed E-state index contributed by atoms with van der Waals surface area (Å²) in [4.78, 5) is 2.37. The van der Waals surface area contributed by atoms with Gasteiger partial charge in [-0.3, -0.25) is 0 Å². The van der Waals surface area contributed by atoms with E-state index in [-0.39, 0.29) is 5.60 Å². The van der Waals surface area contributed by atoms with Crippen molar-refractivity contribution in [2.24, 2.45) is 5.73 Å². The number of rotatable bonds is 3. The van der Waals surface area contributed by atoms with Gasteiger partial charge in [0.05, 0.1) is 5.60 Å². The average molecular weight is 186 g/mol. The van der Waals surface area contributed by atoms with Gasteiger partial charge in [-0.25, -0.2) is 0 Å². The first-order valence-corrected chi connectivity index (χ1v) is 5.16. The molecule has 1 saturated heterocycles. The van der Waals surface area contributed by atoms with Crippen molar-refractivity contribution >= 4 is 0 Å². The molecule has 1 atom stereocenters. The number of ether oxygens (including phenoxy) is 1. The van der Waals surface area contributed by atoms with Gasteiger partial charge < -0.3 is 15.4 Å². The van der Waals surface area contributed by atoms with Crippen LogP contribution in [-0.2, 0) is 4.74 Å². The van der Waals surface area contributed by atoms with E-state index >= 15 is 0 Å². The lowest BCUT2D eigenvalue weighted by atomic mass is 9.91. The number of likely N-dealkylation sites (tertiary alicyclic amines) is 1. The van der Waals surface area contributed by atoms with Crippen molar-refractivity contribution in [1.82, 2.24) is 4.90 Å². The van der Waals surface area contributed by atoms with Crippen molar-refractivity contribution in [2.45, 2.75) is 31.3 Å². The smallest absolute Gasteiger partial charge is 0.0703 e. The van der Waals surface area contributed by atoms with Crippen molar-refractivity contribution in [3.63, 3.8) is 0 Å². The molecule has 0 saturated carbocycles. The third-order valence-electron chi connectivity index (χ3n) is 3.15. The van der Waals surface area contributed by atoms with Gasteiger partial charge in [0, 0.05) is 13.7 Å². The van der Waals surface area contributed by atoms with E-state index in [1.165, 1.54) is 13.0 Å². The Morgan fingerprint density at radius 1 is 1.38 bits per heavy atom. The molecule has 0 aromatic heterocycles. The van der Waals surface area contributed by atoms with Gasteiger partial charge in [0.1, 0.15) is 0 Å². The second-order valence-corrected chi connectivity index (χ2v) is 4.08. The molecule has 3 nitrogen and oxygen atoms in total. The summed E-state index contributed by atoms with van der Waals surface area (Å²) in [6.07, 6.45) is 4.50. The van der Waals surface area contributed by atoms with Crippen LogP contribution in [0.5, 0.6) is 0 Å². The first kappa shape index (κ1) is 11.0. The highest BCUT2D eigenvalue weighted by Crippen LogP contribution is 2.28. The van der Waals surface area contributed by atoms with Gasteiger partial charge in [-0.2, -0.15) is 0 Å². The van der Waals surface area contributed by atoms with Crippen LogP contribution in [0.3, 0.4) is 0 Å². The van der Waals surface area contributed by atoms with Gasteiger partial charge >= 0.3 is 0 Å². The molecule has 1 unspecified atom stereocenters. The summed E-state index contributed by atoms with van der Waals surface area (Å²) >= 11 is 0. The Labute approximate surface area is 81.2 Å². The van der Waals surface area contributed by atoms with Gasteiger partial charge in [-0.15, -0.1) is 0 Å². The highest BCUT2D eigenvalue weighted by atomic mass is 16.5. The van der Waals surface area contributed by atoms with Crippen LogP contribution in [0.2, 0.25) is 0 Å². The predicted octanol–water partition coefficient (Wildman–Crippen LogP) is 0.836. The van der Waals surface area contributed by atoms with Crippen molar-refractivity contribution in [3.05, 3.63) is 0 Å². The number of nitrogens with zero attached hydrogens (tertiary/aromatic N) is 1. The summed E-state index contributed by atoms with van der Waals surface area (Å²) in [7, 11) is 4.00. The lowest BCUT2D eigenvalue weighted by Gasteiger charge is -2.30. The van der Waals surface area contributed by atoms with Gasteiger partial charge in [-0.1, -0.05) is 0 Å². The minimum Gasteiger partial charge on any atom is -0.378 e. The zero-order valence-corrected chi connectivity index (χ0v) is 8.88. The van der Waals surface area contributed by atoms with E-state index in [2.05, 4.69) is 11.9 Å². The third-order valence-corrected chi connectivity index (χ3v) is 3.15. The van der Waals surface area contributed by atoms with E-state index in [4.69, 9.17) is 10.5 Å². The minimum atomic E-state index is 0.0690. The Kier molecular flexibility index (Phi) is 4.16. The Morgan fingerprint density at radius 3 is 2.77 bits per heavy atom. The van der Waals surface area contributed by atoms with Crippen LogP contribution in [0.15, 0.2) is 0 Å². The van der Waals surface area contributed by atoms with E-state index in [1.54, 1.807) is 0 Å². The number of methoxy groups -OCH3 is 1. The second kappa shape index (κ2) is 4.94. The maximum Gasteiger partial charge on any atom is 0.0703 e. The molecular formula is C10H22N2O. The van der Waals surface area contributed by atoms with E-state index < -0.39 is 0 Å². The van der Waals surface area contributed by atoms with Crippen LogP contribution in [0.4, 0.5) is 0 Å². The molecule has 0 amide bonds. The first-order chi connectivity index (χ1) is 6.22. The Hall–Kier alpha value is -0.120. The largest absolute Gasteiger partial charge is 0.378 e. The molecule has 0 bridgehead atoms. The SMILES string of the molecule is COC1(CCN)CCCN(C)CC1. The normalized spacial score (nSPS) is 31.6. The summed E-state index contributed by atoms with van der Waals surface area (Å²) in [6, 6.07) is 0. The zero-order valence-electron chi connectivity index (χ0n) is 8.88. The quantitative estimate of drug-likeness (QED) is 0.709. The molecule has 13 heavy (non-hydrogen) atoms. The maximum absolute atomic E-state index is 5.64. The summed E-state index contributed by atoms with van der Waals surface area (Å²) in [5.74, 6) is 0. The molecule has 0 aliphatic carbocycles. The fourth-order valence-corrected chi connectivity index (χ4v) is 2.12. The third kappa shape index (κ3) is 2.93. The van der Waals surface area contributed by atoms with Crippen molar-refractivity contribution in [3.8, 4) is 0 Å². The van der Waals surface area contributed by atoms with Crippen LogP contribution in [0.25, 0.3) is 0 Å². The summed E-state index contributed by atoms with van der Waals surface area (Å²) in [5, 5.41) is 0. The van der Waals surface area contributed by atoms with Gasteiger partial charge in [0.15, 0.2) is 0 Å². The molecular weight excluding hydrogens is 164 g/mol. The molecule has 1 heterocycles. The topological polar surface area (TPSA) is 38.5 Å². The standard InChI is InChI=1S/C10H22N2O/c1-12-8-3-4-10(13-2,5-7-11)6-9-12/h3-9,11H2,1-2H3. The summed E-state index contributed by atoms with van der Waals surface area (Å²) in [6.45, 7) is 3.06. The Bertz CT molecular complexity index is 152. The lowest BCUT2D eigenvalue weighted by molar-refractivity contribution is -0.0264. The van der Waals surface area contributed by atoms with Crippen molar-refractivity contribution in [1.29, 1.82) is 0 Å². The molecule has 1 fully saturated rings. The van der Waals surface area contributed by atoms with Crippen LogP contribution >= 0.6 is 0 Å². The molecule has 3 heteroatoms. The molecule has 0 aromatic rings. The second-order valence-electron chi connectivity index (χ2n) is 4.08. The number of hydrogen-bond donors (Lipinski definition) is 1. The number of nitrogens with two attached hydrogens (primary N) is 1. The van der Waals surface area contributed by atoms with Gasteiger partial charge in [0.25, 0.3) is 0 Å². The Balaban J connectivity index is 2.53. The molecule has 0 spiro atoms. The summed E-state index contributed by atoms with van der Waals surface area (Å²) < 4.78 is 5.64. The summed E-state index contributed by atoms with van der Waals surface area (Å²) in [5.41, 5.74) is 5.68. The van der Waals surface area contributed by atoms with E-state index in [9.17, 15) is 0 Å². The maximum atomic E-state index is 5.64. The van der Waals surface area contributed by atoms with Gasteiger partial charge in [-0.05, 0) is 45.8 Å². The van der Waals surface area contributed by atoms with Crippen molar-refractivity contribution < 1.29 is 4.74 Å². The lowest BCUT2D eigenvalue weighted by Crippen LogP contribution is -2.35. The van der Waals surface area contributed by atoms with Gasteiger partial charge in [0.2, 0.25) is 0 Å². The fourth-order valence-electron chi connectivity index (χ4n) is 2.12. The van der Waals surface area contributed by atoms with Crippen LogP contribution in [0.1, 0.15) is 25.7 Å². The highest BCUT2D eigenvalue weighted by molar-refractivity contribution is 4.84. The molecule has 0 radical (unpaired) electrons. The molecule has 78 valence electrons. The van der Waals surface area contributed by atoms with Crippen LogP contribution in [-0.4, -0.2) is 44.3 Å². The van der Waals surface area contributed by atoms with Crippen LogP contribution < -0.4 is 5.73 Å². The minimum absolute atomic E-state index is 0.0690. The van der Waals surface area contributed by atoms with E-state index in [1.807, 2.05) is 7.11 Å². The number of hydrogen-bond acceptors (Lipinski definition) is 3. The monoisotopic (exact) mass is 186 g/mol. The zero-order chi connectivity index (χ0) is 9.73. The molecule has 1 aliphatic rings. The van der Waals surface area contributed by atoms with Crippen molar-refractivity contribution in [2.75, 3.05) is 33.8 Å². The first-order valence-electron chi connectivity index (χ1n) is 5.16.